The largest absolute Gasteiger partial charge is 0.379 e. The Labute approximate surface area is 106 Å². The molecule has 0 N–H and O–H groups in total. The summed E-state index contributed by atoms with van der Waals surface area (Å²) in [5.41, 5.74) is -0.422. The number of rotatable bonds is 5. The van der Waals surface area contributed by atoms with Crippen LogP contribution in [0.25, 0.3) is 0 Å². The molecule has 1 aromatic rings. The molecular weight excluding hydrogens is 243 g/mol. The van der Waals surface area contributed by atoms with Crippen LogP contribution in [0.5, 0.6) is 0 Å². The molecule has 0 heterocycles. The van der Waals surface area contributed by atoms with Crippen LogP contribution in [0, 0.1) is 5.82 Å². The Morgan fingerprint density at radius 2 is 2.12 bits per heavy atom. The third-order valence-electron chi connectivity index (χ3n) is 2.75. The Morgan fingerprint density at radius 1 is 1.47 bits per heavy atom. The summed E-state index contributed by atoms with van der Waals surface area (Å²) in [5, 5.41) is 0.158. The lowest BCUT2D eigenvalue weighted by atomic mass is 9.97. The zero-order valence-corrected chi connectivity index (χ0v) is 11.0. The lowest BCUT2D eigenvalue weighted by Crippen LogP contribution is -2.23. The van der Waals surface area contributed by atoms with Gasteiger partial charge in [-0.3, -0.25) is 4.79 Å². The van der Waals surface area contributed by atoms with Crippen LogP contribution in [-0.4, -0.2) is 18.5 Å². The predicted octanol–water partition coefficient (Wildman–Crippen LogP) is 3.87. The van der Waals surface area contributed by atoms with Crippen molar-refractivity contribution in [2.75, 3.05) is 7.11 Å². The normalized spacial score (nSPS) is 11.6. The number of hydrogen-bond acceptors (Lipinski definition) is 2. The molecule has 0 saturated heterocycles. The zero-order chi connectivity index (χ0) is 13.1. The van der Waals surface area contributed by atoms with Gasteiger partial charge in [0.2, 0.25) is 0 Å². The second-order valence-corrected chi connectivity index (χ2v) is 4.89. The molecule has 0 atom stereocenters. The molecule has 0 aliphatic heterocycles. The van der Waals surface area contributed by atoms with Crippen molar-refractivity contribution >= 4 is 17.4 Å². The molecule has 0 bridgehead atoms. The molecule has 0 unspecified atom stereocenters. The molecule has 2 nitrogen and oxygen atoms in total. The molecule has 4 heteroatoms. The number of ether oxygens (including phenoxy) is 1. The Bertz CT molecular complexity index is 396. The lowest BCUT2D eigenvalue weighted by molar-refractivity contribution is 0.0141. The molecule has 94 valence electrons. The maximum Gasteiger partial charge on any atom is 0.167 e. The Hall–Kier alpha value is -0.930. The molecule has 0 saturated carbocycles. The number of carbonyl (C=O) groups excluding carboxylic acids is 1. The fraction of sp³-hybridized carbons (Fsp3) is 0.462. The van der Waals surface area contributed by atoms with E-state index < -0.39 is 11.4 Å². The number of hydrogen-bond donors (Lipinski definition) is 0. The summed E-state index contributed by atoms with van der Waals surface area (Å²) in [5.74, 6) is -0.865. The van der Waals surface area contributed by atoms with E-state index in [4.69, 9.17) is 16.3 Å². The van der Waals surface area contributed by atoms with Gasteiger partial charge in [-0.1, -0.05) is 17.7 Å². The first kappa shape index (κ1) is 14.1. The topological polar surface area (TPSA) is 26.3 Å². The smallest absolute Gasteiger partial charge is 0.167 e. The summed E-state index contributed by atoms with van der Waals surface area (Å²) >= 11 is 5.82. The maximum absolute atomic E-state index is 13.5. The lowest BCUT2D eigenvalue weighted by Gasteiger charge is -2.22. The minimum atomic E-state index is -0.572. The second kappa shape index (κ2) is 5.61. The summed E-state index contributed by atoms with van der Waals surface area (Å²) in [6, 6.07) is 4.23. The first-order valence-electron chi connectivity index (χ1n) is 5.40. The van der Waals surface area contributed by atoms with Gasteiger partial charge in [0.25, 0.3) is 0 Å². The van der Waals surface area contributed by atoms with Gasteiger partial charge in [-0.05, 0) is 32.4 Å². The van der Waals surface area contributed by atoms with Crippen molar-refractivity contribution in [3.05, 3.63) is 34.6 Å². The van der Waals surface area contributed by atoms with Gasteiger partial charge >= 0.3 is 0 Å². The summed E-state index contributed by atoms with van der Waals surface area (Å²) in [4.78, 5) is 11.9. The number of halogens is 2. The van der Waals surface area contributed by atoms with E-state index in [1.807, 2.05) is 13.8 Å². The van der Waals surface area contributed by atoms with Crippen molar-refractivity contribution in [3.8, 4) is 0 Å². The molecule has 0 fully saturated rings. The SMILES string of the molecule is COC(C)(C)CCC(=O)c1c(F)cccc1Cl. The van der Waals surface area contributed by atoms with Crippen LogP contribution in [0.3, 0.4) is 0 Å². The monoisotopic (exact) mass is 258 g/mol. The summed E-state index contributed by atoms with van der Waals surface area (Å²) < 4.78 is 18.7. The van der Waals surface area contributed by atoms with Gasteiger partial charge < -0.3 is 4.74 Å². The van der Waals surface area contributed by atoms with Gasteiger partial charge in [0.1, 0.15) is 5.82 Å². The molecule has 0 aliphatic rings. The van der Waals surface area contributed by atoms with Crippen LogP contribution in [0.2, 0.25) is 5.02 Å². The average molecular weight is 259 g/mol. The van der Waals surface area contributed by atoms with E-state index in [1.165, 1.54) is 18.2 Å². The van der Waals surface area contributed by atoms with Crippen molar-refractivity contribution in [3.63, 3.8) is 0 Å². The standard InChI is InChI=1S/C13H16ClFO2/c1-13(2,17-3)8-7-11(16)12-9(14)5-4-6-10(12)15/h4-6H,7-8H2,1-3H3. The minimum absolute atomic E-state index is 0.0268. The minimum Gasteiger partial charge on any atom is -0.379 e. The average Bonchev–Trinajstić information content (AvgIpc) is 2.26. The van der Waals surface area contributed by atoms with E-state index in [2.05, 4.69) is 0 Å². The fourth-order valence-corrected chi connectivity index (χ4v) is 1.67. The first-order chi connectivity index (χ1) is 7.87. The molecule has 0 aliphatic carbocycles. The third kappa shape index (κ3) is 3.79. The van der Waals surface area contributed by atoms with Gasteiger partial charge in [-0.25, -0.2) is 4.39 Å². The van der Waals surface area contributed by atoms with Crippen LogP contribution in [0.15, 0.2) is 18.2 Å². The number of methoxy groups -OCH3 is 1. The highest BCUT2D eigenvalue weighted by Gasteiger charge is 2.21. The van der Waals surface area contributed by atoms with Crippen molar-refractivity contribution in [1.82, 2.24) is 0 Å². The number of carbonyl (C=O) groups is 1. The van der Waals surface area contributed by atoms with Gasteiger partial charge in [-0.2, -0.15) is 0 Å². The van der Waals surface area contributed by atoms with E-state index in [0.29, 0.717) is 6.42 Å². The predicted molar refractivity (Wildman–Crippen MR) is 66.1 cm³/mol. The second-order valence-electron chi connectivity index (χ2n) is 4.48. The van der Waals surface area contributed by atoms with Crippen LogP contribution < -0.4 is 0 Å². The Morgan fingerprint density at radius 3 is 2.65 bits per heavy atom. The van der Waals surface area contributed by atoms with Gasteiger partial charge in [0.05, 0.1) is 16.2 Å². The highest BCUT2D eigenvalue weighted by Crippen LogP contribution is 2.23. The molecule has 1 rings (SSSR count). The van der Waals surface area contributed by atoms with E-state index in [0.717, 1.165) is 0 Å². The zero-order valence-electron chi connectivity index (χ0n) is 10.2. The van der Waals surface area contributed by atoms with Gasteiger partial charge in [0, 0.05) is 13.5 Å². The van der Waals surface area contributed by atoms with Crippen molar-refractivity contribution in [2.45, 2.75) is 32.3 Å². The third-order valence-corrected chi connectivity index (χ3v) is 3.06. The fourth-order valence-electron chi connectivity index (χ4n) is 1.41. The number of ketones is 1. The van der Waals surface area contributed by atoms with Crippen LogP contribution in [-0.2, 0) is 4.74 Å². The maximum atomic E-state index is 13.5. The van der Waals surface area contributed by atoms with E-state index in [9.17, 15) is 9.18 Å². The Balaban J connectivity index is 2.78. The number of benzene rings is 1. The van der Waals surface area contributed by atoms with E-state index in [-0.39, 0.29) is 22.8 Å². The van der Waals surface area contributed by atoms with Crippen molar-refractivity contribution < 1.29 is 13.9 Å². The molecule has 1 aromatic carbocycles. The highest BCUT2D eigenvalue weighted by molar-refractivity contribution is 6.34. The van der Waals surface area contributed by atoms with E-state index >= 15 is 0 Å². The van der Waals surface area contributed by atoms with Crippen LogP contribution >= 0.6 is 11.6 Å². The molecule has 0 aromatic heterocycles. The molecule has 17 heavy (non-hydrogen) atoms. The van der Waals surface area contributed by atoms with Crippen molar-refractivity contribution in [2.24, 2.45) is 0 Å². The summed E-state index contributed by atoms with van der Waals surface area (Å²) in [6.45, 7) is 3.76. The Kier molecular flexibility index (Phi) is 4.66. The van der Waals surface area contributed by atoms with Gasteiger partial charge in [0.15, 0.2) is 5.78 Å². The van der Waals surface area contributed by atoms with E-state index in [1.54, 1.807) is 7.11 Å². The highest BCUT2D eigenvalue weighted by atomic mass is 35.5. The molecule has 0 amide bonds. The number of Topliss-reactive ketones (excluding diaryl/α,β-unsaturated/α-hetero) is 1. The van der Waals surface area contributed by atoms with Crippen LogP contribution in [0.4, 0.5) is 4.39 Å². The summed E-state index contributed by atoms with van der Waals surface area (Å²) in [6.07, 6.45) is 0.731. The summed E-state index contributed by atoms with van der Waals surface area (Å²) in [7, 11) is 1.58. The van der Waals surface area contributed by atoms with Crippen molar-refractivity contribution in [1.29, 1.82) is 0 Å². The quantitative estimate of drug-likeness (QED) is 0.750. The molecule has 0 radical (unpaired) electrons. The molecule has 0 spiro atoms. The van der Waals surface area contributed by atoms with Crippen LogP contribution in [0.1, 0.15) is 37.0 Å². The first-order valence-corrected chi connectivity index (χ1v) is 5.77. The van der Waals surface area contributed by atoms with Gasteiger partial charge in [-0.15, -0.1) is 0 Å². The molecular formula is C13H16ClFO2.